The third kappa shape index (κ3) is 2.47. The van der Waals surface area contributed by atoms with Gasteiger partial charge in [-0.25, -0.2) is 4.79 Å². The summed E-state index contributed by atoms with van der Waals surface area (Å²) in [5.41, 5.74) is 1.87. The largest absolute Gasteiger partial charge is 0.413 e. The second kappa shape index (κ2) is 5.51. The first kappa shape index (κ1) is 12.9. The molecular formula is C16H12BrNO2. The molecule has 4 heteroatoms. The van der Waals surface area contributed by atoms with Gasteiger partial charge in [-0.1, -0.05) is 60.7 Å². The Bertz CT molecular complexity index is 653. The summed E-state index contributed by atoms with van der Waals surface area (Å²) in [4.78, 5) is 11.8. The zero-order chi connectivity index (χ0) is 13.9. The molecule has 3 nitrogen and oxygen atoms in total. The zero-order valence-corrected chi connectivity index (χ0v) is 12.1. The SMILES string of the molecule is O=C1N[C@@H](c2ccccc2)C(Br)=C(c2ccccc2)O1. The Morgan fingerprint density at radius 3 is 2.20 bits per heavy atom. The van der Waals surface area contributed by atoms with Gasteiger partial charge in [-0.2, -0.15) is 0 Å². The summed E-state index contributed by atoms with van der Waals surface area (Å²) in [7, 11) is 0. The summed E-state index contributed by atoms with van der Waals surface area (Å²) in [6, 6.07) is 19.1. The minimum absolute atomic E-state index is 0.229. The maximum atomic E-state index is 11.8. The summed E-state index contributed by atoms with van der Waals surface area (Å²) in [6.07, 6.45) is -0.444. The average Bonchev–Trinajstić information content (AvgIpc) is 2.51. The van der Waals surface area contributed by atoms with Crippen LogP contribution in [0.1, 0.15) is 17.2 Å². The molecule has 3 rings (SSSR count). The highest BCUT2D eigenvalue weighted by atomic mass is 79.9. The molecule has 1 heterocycles. The van der Waals surface area contributed by atoms with Crippen LogP contribution in [0.25, 0.3) is 5.76 Å². The highest BCUT2D eigenvalue weighted by molar-refractivity contribution is 9.11. The van der Waals surface area contributed by atoms with E-state index in [2.05, 4.69) is 21.2 Å². The van der Waals surface area contributed by atoms with Crippen LogP contribution in [-0.4, -0.2) is 6.09 Å². The molecule has 2 aromatic carbocycles. The molecule has 20 heavy (non-hydrogen) atoms. The van der Waals surface area contributed by atoms with Gasteiger partial charge in [0.15, 0.2) is 5.76 Å². The zero-order valence-electron chi connectivity index (χ0n) is 10.5. The fourth-order valence-electron chi connectivity index (χ4n) is 2.14. The number of benzene rings is 2. The lowest BCUT2D eigenvalue weighted by Gasteiger charge is -2.26. The van der Waals surface area contributed by atoms with E-state index in [1.165, 1.54) is 0 Å². The minimum Gasteiger partial charge on any atom is -0.409 e. The van der Waals surface area contributed by atoms with E-state index >= 15 is 0 Å². The molecule has 0 radical (unpaired) electrons. The van der Waals surface area contributed by atoms with Crippen molar-refractivity contribution in [1.82, 2.24) is 5.32 Å². The number of hydrogen-bond donors (Lipinski definition) is 1. The summed E-state index contributed by atoms with van der Waals surface area (Å²) in [5, 5.41) is 2.82. The normalized spacial score (nSPS) is 18.4. The first-order chi connectivity index (χ1) is 9.75. The van der Waals surface area contributed by atoms with Crippen molar-refractivity contribution < 1.29 is 9.53 Å². The Kier molecular flexibility index (Phi) is 3.56. The van der Waals surface area contributed by atoms with Gasteiger partial charge in [-0.15, -0.1) is 0 Å². The van der Waals surface area contributed by atoms with Crippen LogP contribution in [0.3, 0.4) is 0 Å². The van der Waals surface area contributed by atoms with E-state index in [0.717, 1.165) is 15.6 Å². The Balaban J connectivity index is 2.06. The maximum absolute atomic E-state index is 11.8. The first-order valence-electron chi connectivity index (χ1n) is 6.24. The molecular weight excluding hydrogens is 318 g/mol. The van der Waals surface area contributed by atoms with Gasteiger partial charge in [-0.3, -0.25) is 0 Å². The van der Waals surface area contributed by atoms with Gasteiger partial charge in [0.2, 0.25) is 0 Å². The summed E-state index contributed by atoms with van der Waals surface area (Å²) >= 11 is 3.56. The third-order valence-electron chi connectivity index (χ3n) is 3.10. The van der Waals surface area contributed by atoms with Gasteiger partial charge in [0.05, 0.1) is 10.5 Å². The fraction of sp³-hybridized carbons (Fsp3) is 0.0625. The van der Waals surface area contributed by atoms with Crippen molar-refractivity contribution in [3.8, 4) is 0 Å². The molecule has 0 unspecified atom stereocenters. The number of hydrogen-bond acceptors (Lipinski definition) is 2. The topological polar surface area (TPSA) is 38.3 Å². The molecule has 100 valence electrons. The molecule has 0 bridgehead atoms. The van der Waals surface area contributed by atoms with Crippen molar-refractivity contribution in [3.05, 3.63) is 76.3 Å². The smallest absolute Gasteiger partial charge is 0.409 e. The van der Waals surface area contributed by atoms with Gasteiger partial charge in [0.25, 0.3) is 0 Å². The van der Waals surface area contributed by atoms with Gasteiger partial charge in [0, 0.05) is 5.56 Å². The predicted octanol–water partition coefficient (Wildman–Crippen LogP) is 4.23. The van der Waals surface area contributed by atoms with E-state index in [9.17, 15) is 4.79 Å². The molecule has 0 aliphatic carbocycles. The molecule has 1 atom stereocenters. The summed E-state index contributed by atoms with van der Waals surface area (Å²) in [6.45, 7) is 0. The Hall–Kier alpha value is -2.07. The van der Waals surface area contributed by atoms with E-state index in [-0.39, 0.29) is 6.04 Å². The van der Waals surface area contributed by atoms with Crippen molar-refractivity contribution in [1.29, 1.82) is 0 Å². The van der Waals surface area contributed by atoms with Crippen LogP contribution in [0.2, 0.25) is 0 Å². The van der Waals surface area contributed by atoms with Crippen LogP contribution in [0.4, 0.5) is 4.79 Å². The monoisotopic (exact) mass is 329 g/mol. The molecule has 1 N–H and O–H groups in total. The minimum atomic E-state index is -0.444. The number of alkyl carbamates (subject to hydrolysis) is 1. The lowest BCUT2D eigenvalue weighted by atomic mass is 10.0. The number of ether oxygens (including phenoxy) is 1. The highest BCUT2D eigenvalue weighted by Gasteiger charge is 2.29. The van der Waals surface area contributed by atoms with Crippen molar-refractivity contribution >= 4 is 27.8 Å². The quantitative estimate of drug-likeness (QED) is 0.895. The van der Waals surface area contributed by atoms with Gasteiger partial charge < -0.3 is 10.1 Å². The number of amides is 1. The predicted molar refractivity (Wildman–Crippen MR) is 81.1 cm³/mol. The van der Waals surface area contributed by atoms with E-state index in [1.807, 2.05) is 60.7 Å². The molecule has 0 aromatic heterocycles. The van der Waals surface area contributed by atoms with Gasteiger partial charge >= 0.3 is 6.09 Å². The Morgan fingerprint density at radius 2 is 1.55 bits per heavy atom. The van der Waals surface area contributed by atoms with E-state index < -0.39 is 6.09 Å². The average molecular weight is 330 g/mol. The highest BCUT2D eigenvalue weighted by Crippen LogP contribution is 2.37. The second-order valence-corrected chi connectivity index (χ2v) is 5.27. The van der Waals surface area contributed by atoms with Crippen LogP contribution < -0.4 is 5.32 Å². The third-order valence-corrected chi connectivity index (χ3v) is 3.91. The molecule has 0 saturated heterocycles. The van der Waals surface area contributed by atoms with E-state index in [1.54, 1.807) is 0 Å². The number of cyclic esters (lactones) is 1. The molecule has 1 aliphatic heterocycles. The molecule has 0 saturated carbocycles. The lowest BCUT2D eigenvalue weighted by molar-refractivity contribution is 0.184. The summed E-state index contributed by atoms with van der Waals surface area (Å²) in [5.74, 6) is 0.559. The lowest BCUT2D eigenvalue weighted by Crippen LogP contribution is -2.33. The standard InChI is InChI=1S/C16H12BrNO2/c17-13-14(11-7-3-1-4-8-11)18-16(19)20-15(13)12-9-5-2-6-10-12/h1-10,14H,(H,18,19)/t14-/m0/s1. The number of carbonyl (C=O) groups is 1. The van der Waals surface area contributed by atoms with Crippen LogP contribution in [0.5, 0.6) is 0 Å². The fourth-order valence-corrected chi connectivity index (χ4v) is 2.83. The first-order valence-corrected chi connectivity index (χ1v) is 7.03. The van der Waals surface area contributed by atoms with Crippen LogP contribution in [0, 0.1) is 0 Å². The van der Waals surface area contributed by atoms with E-state index in [4.69, 9.17) is 4.74 Å². The maximum Gasteiger partial charge on any atom is 0.413 e. The van der Waals surface area contributed by atoms with Crippen LogP contribution in [0.15, 0.2) is 65.1 Å². The van der Waals surface area contributed by atoms with Crippen molar-refractivity contribution in [3.63, 3.8) is 0 Å². The van der Waals surface area contributed by atoms with E-state index in [0.29, 0.717) is 5.76 Å². The number of halogens is 1. The Labute approximate surface area is 125 Å². The van der Waals surface area contributed by atoms with Crippen molar-refractivity contribution in [2.75, 3.05) is 0 Å². The molecule has 1 aliphatic rings. The second-order valence-electron chi connectivity index (χ2n) is 4.42. The van der Waals surface area contributed by atoms with Crippen LogP contribution >= 0.6 is 15.9 Å². The number of nitrogens with one attached hydrogen (secondary N) is 1. The molecule has 0 fully saturated rings. The Morgan fingerprint density at radius 1 is 0.950 bits per heavy atom. The van der Waals surface area contributed by atoms with Crippen LogP contribution in [-0.2, 0) is 4.74 Å². The summed E-state index contributed by atoms with van der Waals surface area (Å²) < 4.78 is 6.13. The van der Waals surface area contributed by atoms with Crippen molar-refractivity contribution in [2.24, 2.45) is 0 Å². The molecule has 0 spiro atoms. The van der Waals surface area contributed by atoms with Gasteiger partial charge in [0.1, 0.15) is 0 Å². The van der Waals surface area contributed by atoms with Gasteiger partial charge in [-0.05, 0) is 21.5 Å². The number of carbonyl (C=O) groups excluding carboxylic acids is 1. The molecule has 2 aromatic rings. The van der Waals surface area contributed by atoms with Crippen molar-refractivity contribution in [2.45, 2.75) is 6.04 Å². The molecule has 1 amide bonds. The number of rotatable bonds is 2.